The van der Waals surface area contributed by atoms with Gasteiger partial charge >= 0.3 is 6.09 Å². The first-order valence-electron chi connectivity index (χ1n) is 7.23. The van der Waals surface area contributed by atoms with Gasteiger partial charge < -0.3 is 9.47 Å². The van der Waals surface area contributed by atoms with Gasteiger partial charge in [-0.15, -0.1) is 0 Å². The summed E-state index contributed by atoms with van der Waals surface area (Å²) in [7, 11) is 0. The number of carbonyl (C=O) groups excluding carboxylic acids is 1. The molecule has 1 saturated carbocycles. The minimum atomic E-state index is -2.02. The lowest BCUT2D eigenvalue weighted by atomic mass is 10.2. The molecule has 0 radical (unpaired) electrons. The van der Waals surface area contributed by atoms with E-state index in [-0.39, 0.29) is 12.1 Å². The normalized spacial score (nSPS) is 25.0. The average molecular weight is 320 g/mol. The van der Waals surface area contributed by atoms with E-state index < -0.39 is 23.0 Å². The second-order valence-electron chi connectivity index (χ2n) is 6.46. The molecule has 8 heteroatoms. The fraction of sp³-hybridized carbons (Fsp3) is 0.923. The molecule has 2 fully saturated rings. The first kappa shape index (κ1) is 16.7. The van der Waals surface area contributed by atoms with E-state index >= 15 is 0 Å². The van der Waals surface area contributed by atoms with Crippen molar-refractivity contribution in [3.8, 4) is 0 Å². The molecule has 1 N–H and O–H groups in total. The quantitative estimate of drug-likeness (QED) is 0.788. The van der Waals surface area contributed by atoms with Gasteiger partial charge in [0.1, 0.15) is 5.60 Å². The van der Waals surface area contributed by atoms with E-state index in [1.54, 1.807) is 4.90 Å². The van der Waals surface area contributed by atoms with Crippen molar-refractivity contribution < 1.29 is 23.0 Å². The summed E-state index contributed by atoms with van der Waals surface area (Å²) in [5.41, 5.74) is -0.560. The topological polar surface area (TPSA) is 79.3 Å². The van der Waals surface area contributed by atoms with Gasteiger partial charge in [0, 0.05) is 19.1 Å². The van der Waals surface area contributed by atoms with E-state index in [2.05, 4.69) is 0 Å². The SMILES string of the molecule is CC(C)(C)OC(=O)N1CCOCC1CN(C1CC1)S(=O)O. The number of hydrogen-bond donors (Lipinski definition) is 1. The van der Waals surface area contributed by atoms with Crippen LogP contribution in [0.4, 0.5) is 4.79 Å². The van der Waals surface area contributed by atoms with E-state index in [4.69, 9.17) is 9.47 Å². The summed E-state index contributed by atoms with van der Waals surface area (Å²) in [6.07, 6.45) is 1.45. The molecule has 21 heavy (non-hydrogen) atoms. The van der Waals surface area contributed by atoms with Crippen LogP contribution in [0.3, 0.4) is 0 Å². The summed E-state index contributed by atoms with van der Waals surface area (Å²) in [5.74, 6) is 0. The maximum absolute atomic E-state index is 12.3. The van der Waals surface area contributed by atoms with Crippen LogP contribution >= 0.6 is 0 Å². The molecule has 2 rings (SSSR count). The molecular formula is C13H24N2O5S. The third-order valence-electron chi connectivity index (χ3n) is 3.40. The maximum atomic E-state index is 12.3. The zero-order chi connectivity index (χ0) is 15.6. The molecule has 1 aliphatic carbocycles. The van der Waals surface area contributed by atoms with Crippen LogP contribution < -0.4 is 0 Å². The van der Waals surface area contributed by atoms with Crippen LogP contribution in [0.1, 0.15) is 33.6 Å². The smallest absolute Gasteiger partial charge is 0.410 e. The first-order chi connectivity index (χ1) is 9.78. The number of carbonyl (C=O) groups is 1. The van der Waals surface area contributed by atoms with Crippen molar-refractivity contribution in [2.45, 2.75) is 51.3 Å². The predicted octanol–water partition coefficient (Wildman–Crippen LogP) is 1.22. The van der Waals surface area contributed by atoms with Crippen LogP contribution in [0.25, 0.3) is 0 Å². The van der Waals surface area contributed by atoms with Crippen molar-refractivity contribution in [3.63, 3.8) is 0 Å². The Labute approximate surface area is 128 Å². The number of ether oxygens (including phenoxy) is 2. The Hall–Kier alpha value is -0.700. The van der Waals surface area contributed by atoms with Crippen molar-refractivity contribution in [1.29, 1.82) is 0 Å². The molecule has 1 saturated heterocycles. The second kappa shape index (κ2) is 6.60. The van der Waals surface area contributed by atoms with Gasteiger partial charge in [-0.05, 0) is 33.6 Å². The second-order valence-corrected chi connectivity index (χ2v) is 7.39. The Bertz CT molecular complexity index is 408. The van der Waals surface area contributed by atoms with Crippen molar-refractivity contribution in [2.75, 3.05) is 26.3 Å². The zero-order valence-corrected chi connectivity index (χ0v) is 13.6. The zero-order valence-electron chi connectivity index (χ0n) is 12.8. The van der Waals surface area contributed by atoms with Gasteiger partial charge in [-0.3, -0.25) is 9.45 Å². The van der Waals surface area contributed by atoms with Crippen molar-refractivity contribution in [2.24, 2.45) is 0 Å². The Morgan fingerprint density at radius 3 is 2.67 bits per heavy atom. The summed E-state index contributed by atoms with van der Waals surface area (Å²) in [6.45, 7) is 7.04. The molecule has 1 aliphatic heterocycles. The molecule has 1 heterocycles. The highest BCUT2D eigenvalue weighted by Crippen LogP contribution is 2.28. The molecular weight excluding hydrogens is 296 g/mol. The fourth-order valence-electron chi connectivity index (χ4n) is 2.28. The molecule has 0 aromatic rings. The van der Waals surface area contributed by atoms with Crippen molar-refractivity contribution in [3.05, 3.63) is 0 Å². The number of rotatable bonds is 4. The fourth-order valence-corrected chi connectivity index (χ4v) is 3.04. The lowest BCUT2D eigenvalue weighted by Gasteiger charge is -2.38. The van der Waals surface area contributed by atoms with Gasteiger partial charge in [0.15, 0.2) is 0 Å². The highest BCUT2D eigenvalue weighted by atomic mass is 32.2. The summed E-state index contributed by atoms with van der Waals surface area (Å²) >= 11 is -2.02. The minimum Gasteiger partial charge on any atom is -0.444 e. The molecule has 2 atom stereocenters. The summed E-state index contributed by atoms with van der Waals surface area (Å²) in [4.78, 5) is 13.9. The van der Waals surface area contributed by atoms with E-state index in [0.717, 1.165) is 12.8 Å². The Morgan fingerprint density at radius 2 is 2.14 bits per heavy atom. The van der Waals surface area contributed by atoms with E-state index in [1.807, 2.05) is 20.8 Å². The molecule has 2 aliphatic rings. The van der Waals surface area contributed by atoms with Crippen LogP contribution in [0.5, 0.6) is 0 Å². The van der Waals surface area contributed by atoms with Crippen LogP contribution in [0.15, 0.2) is 0 Å². The van der Waals surface area contributed by atoms with Crippen LogP contribution in [-0.2, 0) is 20.7 Å². The number of amides is 1. The largest absolute Gasteiger partial charge is 0.444 e. The minimum absolute atomic E-state index is 0.137. The van der Waals surface area contributed by atoms with E-state index in [1.165, 1.54) is 4.31 Å². The van der Waals surface area contributed by atoms with Crippen LogP contribution in [0, 0.1) is 0 Å². The standard InChI is InChI=1S/C13H24N2O5S/c1-13(2,3)20-12(16)14-6-7-19-9-11(14)8-15(21(17)18)10-4-5-10/h10-11H,4-9H2,1-3H3,(H,17,18). The summed E-state index contributed by atoms with van der Waals surface area (Å²) in [5, 5.41) is 0. The lowest BCUT2D eigenvalue weighted by molar-refractivity contribution is -0.0357. The third kappa shape index (κ3) is 4.91. The van der Waals surface area contributed by atoms with E-state index in [9.17, 15) is 13.6 Å². The summed E-state index contributed by atoms with van der Waals surface area (Å²) < 4.78 is 33.2. The Balaban J connectivity index is 2.00. The van der Waals surface area contributed by atoms with Crippen molar-refractivity contribution in [1.82, 2.24) is 9.21 Å². The average Bonchev–Trinajstić information content (AvgIpc) is 3.18. The van der Waals surface area contributed by atoms with Gasteiger partial charge in [-0.1, -0.05) is 0 Å². The summed E-state index contributed by atoms with van der Waals surface area (Å²) in [6, 6.07) is -0.122. The van der Waals surface area contributed by atoms with Gasteiger partial charge in [0.25, 0.3) is 0 Å². The maximum Gasteiger partial charge on any atom is 0.410 e. The van der Waals surface area contributed by atoms with Crippen LogP contribution in [0.2, 0.25) is 0 Å². The molecule has 0 aromatic carbocycles. The number of morpholine rings is 1. The number of nitrogens with zero attached hydrogens (tertiary/aromatic N) is 2. The number of hydrogen-bond acceptors (Lipinski definition) is 4. The van der Waals surface area contributed by atoms with Crippen LogP contribution in [-0.4, -0.2) is 68.0 Å². The van der Waals surface area contributed by atoms with Gasteiger partial charge in [0.05, 0.1) is 19.3 Å². The molecule has 0 bridgehead atoms. The van der Waals surface area contributed by atoms with Gasteiger partial charge in [0.2, 0.25) is 11.3 Å². The third-order valence-corrected chi connectivity index (χ3v) is 4.25. The highest BCUT2D eigenvalue weighted by molar-refractivity contribution is 7.76. The van der Waals surface area contributed by atoms with E-state index in [0.29, 0.717) is 26.3 Å². The van der Waals surface area contributed by atoms with Gasteiger partial charge in [-0.25, -0.2) is 9.00 Å². The Morgan fingerprint density at radius 1 is 1.48 bits per heavy atom. The molecule has 1 amide bonds. The first-order valence-corrected chi connectivity index (χ1v) is 8.29. The lowest BCUT2D eigenvalue weighted by Crippen LogP contribution is -2.55. The monoisotopic (exact) mass is 320 g/mol. The van der Waals surface area contributed by atoms with Gasteiger partial charge in [-0.2, -0.15) is 4.31 Å². The predicted molar refractivity (Wildman–Crippen MR) is 78.0 cm³/mol. The molecule has 0 aromatic heterocycles. The molecule has 122 valence electrons. The molecule has 0 spiro atoms. The van der Waals surface area contributed by atoms with Crippen molar-refractivity contribution >= 4 is 17.4 Å². The Kier molecular flexibility index (Phi) is 5.24. The molecule has 2 unspecified atom stereocenters. The highest BCUT2D eigenvalue weighted by Gasteiger charge is 2.38. The molecule has 7 nitrogen and oxygen atoms in total.